The van der Waals surface area contributed by atoms with Crippen LogP contribution in [0.4, 0.5) is 0 Å². The topological polar surface area (TPSA) is 35.5 Å². The Labute approximate surface area is 130 Å². The van der Waals surface area contributed by atoms with E-state index in [4.69, 9.17) is 9.47 Å². The van der Waals surface area contributed by atoms with Gasteiger partial charge in [0, 0.05) is 12.5 Å². The molecule has 0 N–H and O–H groups in total. The van der Waals surface area contributed by atoms with E-state index in [1.165, 1.54) is 12.3 Å². The monoisotopic (exact) mass is 294 g/mol. The van der Waals surface area contributed by atoms with E-state index >= 15 is 0 Å². The second-order valence-corrected chi connectivity index (χ2v) is 4.63. The molecule has 2 rings (SSSR count). The molecule has 0 heterocycles. The summed E-state index contributed by atoms with van der Waals surface area (Å²) < 4.78 is 10.2. The number of hydrogen-bond acceptors (Lipinski definition) is 3. The minimum absolute atomic E-state index is 0.359. The van der Waals surface area contributed by atoms with Gasteiger partial charge in [0.2, 0.25) is 0 Å². The number of benzene rings is 2. The summed E-state index contributed by atoms with van der Waals surface area (Å²) in [6.07, 6.45) is 3.26. The van der Waals surface area contributed by atoms with E-state index in [9.17, 15) is 4.79 Å². The fraction of sp³-hybridized carbons (Fsp3) is 0.105. The third-order valence-electron chi connectivity index (χ3n) is 3.16. The molecule has 0 aromatic heterocycles. The molecule has 0 amide bonds. The van der Waals surface area contributed by atoms with E-state index in [1.807, 2.05) is 48.5 Å². The van der Waals surface area contributed by atoms with E-state index in [0.29, 0.717) is 13.0 Å². The lowest BCUT2D eigenvalue weighted by Gasteiger charge is -2.06. The van der Waals surface area contributed by atoms with Crippen molar-refractivity contribution in [3.8, 4) is 16.9 Å². The van der Waals surface area contributed by atoms with Crippen LogP contribution in [0.1, 0.15) is 5.56 Å². The third-order valence-corrected chi connectivity index (χ3v) is 3.16. The Kier molecular flexibility index (Phi) is 5.55. The van der Waals surface area contributed by atoms with Crippen LogP contribution in [0.3, 0.4) is 0 Å². The van der Waals surface area contributed by atoms with Gasteiger partial charge in [0.05, 0.1) is 12.9 Å². The first-order valence-electron chi connectivity index (χ1n) is 6.99. The van der Waals surface area contributed by atoms with Crippen molar-refractivity contribution < 1.29 is 14.3 Å². The highest BCUT2D eigenvalue weighted by Gasteiger charge is 2.01. The molecule has 3 nitrogen and oxygen atoms in total. The minimum Gasteiger partial charge on any atom is -0.466 e. The first kappa shape index (κ1) is 15.6. The van der Waals surface area contributed by atoms with Gasteiger partial charge < -0.3 is 9.47 Å². The number of rotatable bonds is 7. The van der Waals surface area contributed by atoms with Gasteiger partial charge in [-0.05, 0) is 28.8 Å². The molecule has 22 heavy (non-hydrogen) atoms. The summed E-state index contributed by atoms with van der Waals surface area (Å²) in [6, 6.07) is 16.0. The maximum absolute atomic E-state index is 11.0. The summed E-state index contributed by atoms with van der Waals surface area (Å²) in [5, 5.41) is 0. The molecule has 3 heteroatoms. The second kappa shape index (κ2) is 7.84. The number of hydrogen-bond donors (Lipinski definition) is 0. The molecule has 112 valence electrons. The van der Waals surface area contributed by atoms with Gasteiger partial charge in [-0.2, -0.15) is 0 Å². The number of esters is 1. The van der Waals surface area contributed by atoms with Crippen molar-refractivity contribution in [2.75, 3.05) is 6.61 Å². The molecule has 2 aromatic carbocycles. The number of ether oxygens (including phenoxy) is 2. The van der Waals surface area contributed by atoms with Gasteiger partial charge in [0.1, 0.15) is 5.75 Å². The van der Waals surface area contributed by atoms with Crippen molar-refractivity contribution >= 4 is 5.97 Å². The average Bonchev–Trinajstić information content (AvgIpc) is 2.56. The molecule has 0 radical (unpaired) electrons. The van der Waals surface area contributed by atoms with Gasteiger partial charge in [-0.3, -0.25) is 0 Å². The van der Waals surface area contributed by atoms with Gasteiger partial charge in [-0.1, -0.05) is 49.6 Å². The molecule has 0 atom stereocenters. The van der Waals surface area contributed by atoms with E-state index in [1.54, 1.807) is 0 Å². The Morgan fingerprint density at radius 2 is 1.55 bits per heavy atom. The number of carbonyl (C=O) groups excluding carboxylic acids is 1. The summed E-state index contributed by atoms with van der Waals surface area (Å²) in [5.74, 6) is 0.373. The standard InChI is InChI=1S/C19H18O3/c1-3-19(20)22-14-13-15-5-7-16(8-6-15)17-9-11-18(12-10-17)21-4-2/h3-12H,1-2,13-14H2. The van der Waals surface area contributed by atoms with Crippen molar-refractivity contribution in [3.63, 3.8) is 0 Å². The maximum atomic E-state index is 11.0. The molecule has 0 aliphatic rings. The average molecular weight is 294 g/mol. The lowest BCUT2D eigenvalue weighted by molar-refractivity contribution is -0.137. The Bertz CT molecular complexity index is 639. The van der Waals surface area contributed by atoms with Gasteiger partial charge >= 0.3 is 5.97 Å². The predicted octanol–water partition coefficient (Wildman–Crippen LogP) is 4.15. The van der Waals surface area contributed by atoms with Crippen LogP contribution in [-0.2, 0) is 16.0 Å². The van der Waals surface area contributed by atoms with Crippen LogP contribution in [0.15, 0.2) is 74.0 Å². The molecule has 0 saturated carbocycles. The zero-order valence-electron chi connectivity index (χ0n) is 12.3. The Balaban J connectivity index is 1.97. The van der Waals surface area contributed by atoms with Crippen molar-refractivity contribution in [2.45, 2.75) is 6.42 Å². The predicted molar refractivity (Wildman–Crippen MR) is 87.6 cm³/mol. The van der Waals surface area contributed by atoms with Crippen molar-refractivity contribution in [2.24, 2.45) is 0 Å². The summed E-state index contributed by atoms with van der Waals surface area (Å²) in [7, 11) is 0. The molecule has 0 aliphatic heterocycles. The van der Waals surface area contributed by atoms with Crippen LogP contribution >= 0.6 is 0 Å². The van der Waals surface area contributed by atoms with Gasteiger partial charge in [-0.25, -0.2) is 4.79 Å². The van der Waals surface area contributed by atoms with Gasteiger partial charge in [-0.15, -0.1) is 0 Å². The van der Waals surface area contributed by atoms with Gasteiger partial charge in [0.15, 0.2) is 0 Å². The van der Waals surface area contributed by atoms with Crippen LogP contribution in [0, 0.1) is 0 Å². The highest BCUT2D eigenvalue weighted by Crippen LogP contribution is 2.23. The van der Waals surface area contributed by atoms with Crippen molar-refractivity contribution in [1.82, 2.24) is 0 Å². The molecule has 0 saturated heterocycles. The Morgan fingerprint density at radius 1 is 0.955 bits per heavy atom. The highest BCUT2D eigenvalue weighted by atomic mass is 16.5. The van der Waals surface area contributed by atoms with Crippen LogP contribution in [-0.4, -0.2) is 12.6 Å². The van der Waals surface area contributed by atoms with E-state index in [-0.39, 0.29) is 0 Å². The van der Waals surface area contributed by atoms with Crippen LogP contribution in [0.5, 0.6) is 5.75 Å². The normalized spacial score (nSPS) is 9.82. The lowest BCUT2D eigenvalue weighted by atomic mass is 10.0. The van der Waals surface area contributed by atoms with Crippen LogP contribution < -0.4 is 4.74 Å². The fourth-order valence-corrected chi connectivity index (χ4v) is 2.01. The molecule has 0 fully saturated rings. The number of carbonyl (C=O) groups is 1. The van der Waals surface area contributed by atoms with Crippen molar-refractivity contribution in [1.29, 1.82) is 0 Å². The fourth-order valence-electron chi connectivity index (χ4n) is 2.01. The minimum atomic E-state index is -0.390. The summed E-state index contributed by atoms with van der Waals surface area (Å²) in [6.45, 7) is 7.25. The molecule has 0 bridgehead atoms. The molecule has 0 unspecified atom stereocenters. The quantitative estimate of drug-likeness (QED) is 0.437. The molecule has 0 aliphatic carbocycles. The van der Waals surface area contributed by atoms with E-state index in [0.717, 1.165) is 22.4 Å². The zero-order valence-corrected chi connectivity index (χ0v) is 12.3. The summed E-state index contributed by atoms with van der Waals surface area (Å²) in [5.41, 5.74) is 3.35. The first-order valence-corrected chi connectivity index (χ1v) is 6.99. The smallest absolute Gasteiger partial charge is 0.330 e. The molecular weight excluding hydrogens is 276 g/mol. The van der Waals surface area contributed by atoms with Crippen LogP contribution in [0.25, 0.3) is 11.1 Å². The second-order valence-electron chi connectivity index (χ2n) is 4.63. The highest BCUT2D eigenvalue weighted by molar-refractivity contribution is 5.81. The van der Waals surface area contributed by atoms with E-state index < -0.39 is 5.97 Å². The Morgan fingerprint density at radius 3 is 2.09 bits per heavy atom. The van der Waals surface area contributed by atoms with Crippen molar-refractivity contribution in [3.05, 3.63) is 79.6 Å². The summed E-state index contributed by atoms with van der Waals surface area (Å²) in [4.78, 5) is 11.0. The molecule has 2 aromatic rings. The maximum Gasteiger partial charge on any atom is 0.330 e. The molecule has 0 spiro atoms. The van der Waals surface area contributed by atoms with E-state index in [2.05, 4.69) is 13.2 Å². The van der Waals surface area contributed by atoms with Crippen LogP contribution in [0.2, 0.25) is 0 Å². The first-order chi connectivity index (χ1) is 10.7. The van der Waals surface area contributed by atoms with Gasteiger partial charge in [0.25, 0.3) is 0 Å². The lowest BCUT2D eigenvalue weighted by Crippen LogP contribution is -2.04. The third kappa shape index (κ3) is 4.35. The zero-order chi connectivity index (χ0) is 15.8. The largest absolute Gasteiger partial charge is 0.466 e. The SMILES string of the molecule is C=COc1ccc(-c2ccc(CCOC(=O)C=C)cc2)cc1. The Hall–Kier alpha value is -2.81. The summed E-state index contributed by atoms with van der Waals surface area (Å²) >= 11 is 0. The molecular formula is C19H18O3.